The number of Topliss-reactive ketones (excluding diaryl/α,β-unsaturated/α-hetero) is 1. The fraction of sp³-hybridized carbons (Fsp3) is 0.500. The van der Waals surface area contributed by atoms with Crippen LogP contribution in [0.5, 0.6) is 0 Å². The summed E-state index contributed by atoms with van der Waals surface area (Å²) in [4.78, 5) is 24.4. The van der Waals surface area contributed by atoms with Gasteiger partial charge < -0.3 is 4.74 Å². The molecule has 1 saturated carbocycles. The van der Waals surface area contributed by atoms with Crippen molar-refractivity contribution in [1.29, 1.82) is 0 Å². The van der Waals surface area contributed by atoms with E-state index in [0.29, 0.717) is 11.4 Å². The van der Waals surface area contributed by atoms with E-state index in [1.807, 2.05) is 12.1 Å². The van der Waals surface area contributed by atoms with Gasteiger partial charge in [-0.25, -0.2) is 0 Å². The Hall–Kier alpha value is -1.35. The summed E-state index contributed by atoms with van der Waals surface area (Å²) in [7, 11) is 1.34. The molecule has 0 N–H and O–H groups in total. The number of halogens is 1. The zero-order chi connectivity index (χ0) is 14.7. The second kappa shape index (κ2) is 6.40. The first-order valence-corrected chi connectivity index (χ1v) is 7.33. The van der Waals surface area contributed by atoms with Crippen molar-refractivity contribution < 1.29 is 14.3 Å². The van der Waals surface area contributed by atoms with Crippen LogP contribution in [-0.2, 0) is 14.3 Å². The molecular weight excluding hydrogens is 276 g/mol. The second-order valence-electron chi connectivity index (χ2n) is 5.28. The molecule has 0 saturated heterocycles. The Morgan fingerprint density at radius 2 is 2.00 bits per heavy atom. The number of ether oxygens (including phenoxy) is 1. The average Bonchev–Trinajstić information content (AvgIpc) is 2.77. The normalized spacial score (nSPS) is 25.8. The van der Waals surface area contributed by atoms with Gasteiger partial charge in [0.05, 0.1) is 7.11 Å². The first-order valence-electron chi connectivity index (χ1n) is 6.95. The molecule has 0 aromatic heterocycles. The van der Waals surface area contributed by atoms with E-state index in [1.54, 1.807) is 12.1 Å². The molecule has 0 radical (unpaired) electrons. The Balaban J connectivity index is 2.31. The van der Waals surface area contributed by atoms with E-state index in [-0.39, 0.29) is 17.6 Å². The molecule has 20 heavy (non-hydrogen) atoms. The zero-order valence-electron chi connectivity index (χ0n) is 11.8. The molecule has 3 unspecified atom stereocenters. The smallest absolute Gasteiger partial charge is 0.316 e. The molecule has 108 valence electrons. The lowest BCUT2D eigenvalue weighted by Gasteiger charge is -2.16. The highest BCUT2D eigenvalue weighted by molar-refractivity contribution is 6.30. The zero-order valence-corrected chi connectivity index (χ0v) is 12.5. The standard InChI is InChI=1S/C16H19ClO3/c1-3-4-11-9-13(10-5-7-12(17)8-6-10)14(15(11)18)16(19)20-2/h5-8,11,13-14H,3-4,9H2,1-2H3. The van der Waals surface area contributed by atoms with Crippen molar-refractivity contribution in [2.45, 2.75) is 32.1 Å². The van der Waals surface area contributed by atoms with Crippen molar-refractivity contribution in [3.8, 4) is 0 Å². The van der Waals surface area contributed by atoms with Gasteiger partial charge in [0.15, 0.2) is 5.78 Å². The lowest BCUT2D eigenvalue weighted by Crippen LogP contribution is -2.26. The molecule has 4 heteroatoms. The first-order chi connectivity index (χ1) is 9.58. The van der Waals surface area contributed by atoms with Crippen LogP contribution in [-0.4, -0.2) is 18.9 Å². The van der Waals surface area contributed by atoms with E-state index in [4.69, 9.17) is 16.3 Å². The Morgan fingerprint density at radius 3 is 2.55 bits per heavy atom. The third-order valence-electron chi connectivity index (χ3n) is 4.04. The van der Waals surface area contributed by atoms with Crippen LogP contribution in [0.15, 0.2) is 24.3 Å². The van der Waals surface area contributed by atoms with Crippen molar-refractivity contribution in [2.75, 3.05) is 7.11 Å². The van der Waals surface area contributed by atoms with Crippen molar-refractivity contribution >= 4 is 23.4 Å². The Labute approximate surface area is 124 Å². The molecule has 0 heterocycles. The summed E-state index contributed by atoms with van der Waals surface area (Å²) in [5.41, 5.74) is 0.983. The second-order valence-corrected chi connectivity index (χ2v) is 5.72. The summed E-state index contributed by atoms with van der Waals surface area (Å²) in [5.74, 6) is -1.20. The Bertz CT molecular complexity index is 495. The SMILES string of the molecule is CCCC1CC(c2ccc(Cl)cc2)C(C(=O)OC)C1=O. The van der Waals surface area contributed by atoms with Crippen LogP contribution in [0, 0.1) is 11.8 Å². The van der Waals surface area contributed by atoms with Gasteiger partial charge in [0.2, 0.25) is 0 Å². The molecule has 1 aromatic carbocycles. The highest BCUT2D eigenvalue weighted by Crippen LogP contribution is 2.43. The minimum absolute atomic E-state index is 0.0265. The number of hydrogen-bond acceptors (Lipinski definition) is 3. The molecule has 0 spiro atoms. The van der Waals surface area contributed by atoms with E-state index < -0.39 is 11.9 Å². The fourth-order valence-corrected chi connectivity index (χ4v) is 3.19. The molecule has 3 nitrogen and oxygen atoms in total. The van der Waals surface area contributed by atoms with E-state index in [9.17, 15) is 9.59 Å². The highest BCUT2D eigenvalue weighted by Gasteiger charge is 2.46. The summed E-state index contributed by atoms with van der Waals surface area (Å²) in [6.07, 6.45) is 2.49. The number of carbonyl (C=O) groups excluding carboxylic acids is 2. The lowest BCUT2D eigenvalue weighted by atomic mass is 9.88. The molecule has 1 aliphatic rings. The number of ketones is 1. The first kappa shape index (κ1) is 15.0. The molecule has 3 atom stereocenters. The van der Waals surface area contributed by atoms with Crippen LogP contribution in [0.3, 0.4) is 0 Å². The monoisotopic (exact) mass is 294 g/mol. The number of hydrogen-bond donors (Lipinski definition) is 0. The number of carbonyl (C=O) groups is 2. The molecule has 1 aliphatic carbocycles. The Kier molecular flexibility index (Phi) is 4.81. The number of rotatable bonds is 4. The summed E-state index contributed by atoms with van der Waals surface area (Å²) in [6, 6.07) is 7.38. The number of methoxy groups -OCH3 is 1. The van der Waals surface area contributed by atoms with Crippen molar-refractivity contribution in [1.82, 2.24) is 0 Å². The van der Waals surface area contributed by atoms with Gasteiger partial charge in [0.1, 0.15) is 5.92 Å². The molecule has 1 fully saturated rings. The summed E-state index contributed by atoms with van der Waals surface area (Å²) < 4.78 is 4.82. The quantitative estimate of drug-likeness (QED) is 0.629. The van der Waals surface area contributed by atoms with Crippen molar-refractivity contribution in [3.63, 3.8) is 0 Å². The topological polar surface area (TPSA) is 43.4 Å². The van der Waals surface area contributed by atoms with Crippen LogP contribution < -0.4 is 0 Å². The molecule has 1 aromatic rings. The predicted molar refractivity (Wildman–Crippen MR) is 77.7 cm³/mol. The summed E-state index contributed by atoms with van der Waals surface area (Å²) >= 11 is 5.89. The average molecular weight is 295 g/mol. The van der Waals surface area contributed by atoms with E-state index in [2.05, 4.69) is 6.92 Å². The van der Waals surface area contributed by atoms with Gasteiger partial charge in [-0.1, -0.05) is 37.1 Å². The van der Waals surface area contributed by atoms with Gasteiger partial charge >= 0.3 is 5.97 Å². The van der Waals surface area contributed by atoms with Crippen molar-refractivity contribution in [2.24, 2.45) is 11.8 Å². The van der Waals surface area contributed by atoms with E-state index in [0.717, 1.165) is 18.4 Å². The molecule has 0 amide bonds. The Morgan fingerprint density at radius 1 is 1.35 bits per heavy atom. The van der Waals surface area contributed by atoms with Crippen LogP contribution in [0.1, 0.15) is 37.7 Å². The van der Waals surface area contributed by atoms with Gasteiger partial charge in [0, 0.05) is 16.9 Å². The van der Waals surface area contributed by atoms with E-state index >= 15 is 0 Å². The predicted octanol–water partition coefficient (Wildman–Crippen LogP) is 3.60. The van der Waals surface area contributed by atoms with Gasteiger partial charge in [-0.2, -0.15) is 0 Å². The van der Waals surface area contributed by atoms with Crippen LogP contribution in [0.2, 0.25) is 5.02 Å². The maximum absolute atomic E-state index is 12.4. The molecule has 2 rings (SSSR count). The largest absolute Gasteiger partial charge is 0.468 e. The third kappa shape index (κ3) is 2.88. The molecular formula is C16H19ClO3. The molecule has 0 bridgehead atoms. The molecule has 0 aliphatic heterocycles. The van der Waals surface area contributed by atoms with Crippen LogP contribution >= 0.6 is 11.6 Å². The highest BCUT2D eigenvalue weighted by atomic mass is 35.5. The fourth-order valence-electron chi connectivity index (χ4n) is 3.07. The van der Waals surface area contributed by atoms with Gasteiger partial charge in [-0.3, -0.25) is 9.59 Å². The van der Waals surface area contributed by atoms with Crippen LogP contribution in [0.4, 0.5) is 0 Å². The summed E-state index contributed by atoms with van der Waals surface area (Å²) in [5, 5.41) is 0.651. The van der Waals surface area contributed by atoms with Crippen molar-refractivity contribution in [3.05, 3.63) is 34.9 Å². The van der Waals surface area contributed by atoms with Crippen LogP contribution in [0.25, 0.3) is 0 Å². The maximum atomic E-state index is 12.4. The third-order valence-corrected chi connectivity index (χ3v) is 4.29. The van der Waals surface area contributed by atoms with Gasteiger partial charge in [-0.15, -0.1) is 0 Å². The summed E-state index contributed by atoms with van der Waals surface area (Å²) in [6.45, 7) is 2.05. The number of esters is 1. The van der Waals surface area contributed by atoms with Gasteiger partial charge in [0.25, 0.3) is 0 Å². The maximum Gasteiger partial charge on any atom is 0.316 e. The van der Waals surface area contributed by atoms with E-state index in [1.165, 1.54) is 7.11 Å². The lowest BCUT2D eigenvalue weighted by molar-refractivity contribution is -0.149. The minimum atomic E-state index is -0.669. The minimum Gasteiger partial charge on any atom is -0.468 e. The van der Waals surface area contributed by atoms with Gasteiger partial charge in [-0.05, 0) is 30.5 Å². The number of benzene rings is 1.